The Labute approximate surface area is 137 Å². The fourth-order valence-electron chi connectivity index (χ4n) is 4.08. The SMILES string of the molecule is O=C(NC(CC1CCCc2ccccc21)C(=O)O)C1CCCC1. The van der Waals surface area contributed by atoms with Gasteiger partial charge in [0.25, 0.3) is 0 Å². The van der Waals surface area contributed by atoms with Crippen LogP contribution in [-0.4, -0.2) is 23.0 Å². The van der Waals surface area contributed by atoms with Crippen LogP contribution in [0.4, 0.5) is 0 Å². The highest BCUT2D eigenvalue weighted by atomic mass is 16.4. The van der Waals surface area contributed by atoms with Crippen molar-refractivity contribution in [1.82, 2.24) is 5.32 Å². The molecule has 3 rings (SSSR count). The number of hydrogen-bond acceptors (Lipinski definition) is 2. The van der Waals surface area contributed by atoms with E-state index in [2.05, 4.69) is 17.4 Å². The molecular formula is C19H25NO3. The van der Waals surface area contributed by atoms with Gasteiger partial charge >= 0.3 is 5.97 Å². The van der Waals surface area contributed by atoms with Crippen LogP contribution in [0.1, 0.15) is 62.0 Å². The van der Waals surface area contributed by atoms with Crippen molar-refractivity contribution in [2.75, 3.05) is 0 Å². The van der Waals surface area contributed by atoms with Gasteiger partial charge in [-0.3, -0.25) is 4.79 Å². The number of hydrogen-bond donors (Lipinski definition) is 2. The average Bonchev–Trinajstić information content (AvgIpc) is 3.09. The number of benzene rings is 1. The van der Waals surface area contributed by atoms with Gasteiger partial charge in [0.1, 0.15) is 6.04 Å². The van der Waals surface area contributed by atoms with Crippen LogP contribution in [0.2, 0.25) is 0 Å². The highest BCUT2D eigenvalue weighted by molar-refractivity contribution is 5.85. The molecule has 0 aliphatic heterocycles. The number of carbonyl (C=O) groups excluding carboxylic acids is 1. The van der Waals surface area contributed by atoms with E-state index < -0.39 is 12.0 Å². The number of aliphatic carboxylic acids is 1. The summed E-state index contributed by atoms with van der Waals surface area (Å²) < 4.78 is 0. The minimum absolute atomic E-state index is 0.00971. The highest BCUT2D eigenvalue weighted by Gasteiger charge is 2.30. The fraction of sp³-hybridized carbons (Fsp3) is 0.579. The van der Waals surface area contributed by atoms with Crippen molar-refractivity contribution < 1.29 is 14.7 Å². The Morgan fingerprint density at radius 2 is 1.87 bits per heavy atom. The van der Waals surface area contributed by atoms with E-state index in [4.69, 9.17) is 0 Å². The average molecular weight is 315 g/mol. The number of carboxylic acids is 1. The summed E-state index contributed by atoms with van der Waals surface area (Å²) in [5.74, 6) is -0.751. The van der Waals surface area contributed by atoms with Crippen LogP contribution in [0.15, 0.2) is 24.3 Å². The van der Waals surface area contributed by atoms with Crippen LogP contribution in [-0.2, 0) is 16.0 Å². The van der Waals surface area contributed by atoms with E-state index in [1.54, 1.807) is 0 Å². The summed E-state index contributed by atoms with van der Waals surface area (Å²) in [6.45, 7) is 0. The zero-order chi connectivity index (χ0) is 16.2. The standard InChI is InChI=1S/C19H25NO3/c21-18(14-7-1-2-8-14)20-17(19(22)23)12-15-10-5-9-13-6-3-4-11-16(13)15/h3-4,6,11,14-15,17H,1-2,5,7-10,12H2,(H,20,21)(H,22,23). The molecule has 2 aliphatic carbocycles. The third-order valence-electron chi connectivity index (χ3n) is 5.35. The zero-order valence-electron chi connectivity index (χ0n) is 13.5. The second kappa shape index (κ2) is 7.16. The quantitative estimate of drug-likeness (QED) is 0.876. The van der Waals surface area contributed by atoms with Crippen molar-refractivity contribution in [1.29, 1.82) is 0 Å². The van der Waals surface area contributed by atoms with Crippen molar-refractivity contribution >= 4 is 11.9 Å². The zero-order valence-corrected chi connectivity index (χ0v) is 13.5. The number of amides is 1. The molecule has 4 nitrogen and oxygen atoms in total. The molecule has 4 heteroatoms. The Kier molecular flexibility index (Phi) is 4.99. The van der Waals surface area contributed by atoms with Crippen molar-refractivity contribution in [3.05, 3.63) is 35.4 Å². The van der Waals surface area contributed by atoms with Crippen LogP contribution in [0, 0.1) is 5.92 Å². The third-order valence-corrected chi connectivity index (χ3v) is 5.35. The van der Waals surface area contributed by atoms with E-state index in [-0.39, 0.29) is 17.7 Å². The predicted molar refractivity (Wildman–Crippen MR) is 88.3 cm³/mol. The minimum atomic E-state index is -0.917. The van der Waals surface area contributed by atoms with E-state index in [0.717, 1.165) is 44.9 Å². The van der Waals surface area contributed by atoms with Crippen LogP contribution < -0.4 is 5.32 Å². The molecule has 23 heavy (non-hydrogen) atoms. The fourth-order valence-corrected chi connectivity index (χ4v) is 4.08. The van der Waals surface area contributed by atoms with Gasteiger partial charge in [-0.1, -0.05) is 37.1 Å². The van der Waals surface area contributed by atoms with Crippen LogP contribution >= 0.6 is 0 Å². The monoisotopic (exact) mass is 315 g/mol. The lowest BCUT2D eigenvalue weighted by atomic mass is 9.79. The first kappa shape index (κ1) is 16.0. The van der Waals surface area contributed by atoms with Crippen molar-refractivity contribution in [2.45, 2.75) is 63.3 Å². The molecule has 2 unspecified atom stereocenters. The molecule has 0 saturated heterocycles. The Balaban J connectivity index is 1.68. The van der Waals surface area contributed by atoms with Gasteiger partial charge in [-0.25, -0.2) is 4.79 Å². The van der Waals surface area contributed by atoms with Gasteiger partial charge in [0, 0.05) is 5.92 Å². The molecule has 1 saturated carbocycles. The van der Waals surface area contributed by atoms with Gasteiger partial charge in [-0.05, 0) is 55.6 Å². The number of rotatable bonds is 5. The molecule has 124 valence electrons. The summed E-state index contributed by atoms with van der Waals surface area (Å²) in [5, 5.41) is 12.3. The molecule has 1 aromatic carbocycles. The first-order chi connectivity index (χ1) is 11.1. The predicted octanol–water partition coefficient (Wildman–Crippen LogP) is 3.26. The number of aryl methyl sites for hydroxylation is 1. The molecule has 1 amide bonds. The van der Waals surface area contributed by atoms with Gasteiger partial charge < -0.3 is 10.4 Å². The highest BCUT2D eigenvalue weighted by Crippen LogP contribution is 2.35. The molecule has 1 aromatic rings. The first-order valence-corrected chi connectivity index (χ1v) is 8.76. The molecule has 0 heterocycles. The molecule has 2 aliphatic rings. The van der Waals surface area contributed by atoms with Crippen molar-refractivity contribution in [3.8, 4) is 0 Å². The number of carboxylic acid groups (broad SMARTS) is 1. The lowest BCUT2D eigenvalue weighted by molar-refractivity contribution is -0.142. The van der Waals surface area contributed by atoms with Gasteiger partial charge in [0.2, 0.25) is 5.91 Å². The maximum atomic E-state index is 12.3. The summed E-state index contributed by atoms with van der Waals surface area (Å²) in [6, 6.07) is 7.52. The maximum absolute atomic E-state index is 12.3. The summed E-state index contributed by atoms with van der Waals surface area (Å²) in [7, 11) is 0. The van der Waals surface area contributed by atoms with E-state index in [1.807, 2.05) is 12.1 Å². The van der Waals surface area contributed by atoms with Gasteiger partial charge in [-0.2, -0.15) is 0 Å². The number of carbonyl (C=O) groups is 2. The molecule has 0 aromatic heterocycles. The Morgan fingerprint density at radius 3 is 2.61 bits per heavy atom. The van der Waals surface area contributed by atoms with Crippen LogP contribution in [0.3, 0.4) is 0 Å². The van der Waals surface area contributed by atoms with E-state index >= 15 is 0 Å². The number of fused-ring (bicyclic) bond motifs is 1. The Bertz CT molecular complexity index is 578. The smallest absolute Gasteiger partial charge is 0.326 e. The first-order valence-electron chi connectivity index (χ1n) is 8.76. The lowest BCUT2D eigenvalue weighted by Crippen LogP contribution is -2.44. The van der Waals surface area contributed by atoms with Crippen molar-refractivity contribution in [3.63, 3.8) is 0 Å². The van der Waals surface area contributed by atoms with Crippen molar-refractivity contribution in [2.24, 2.45) is 5.92 Å². The molecule has 0 bridgehead atoms. The normalized spacial score (nSPS) is 22.3. The summed E-state index contributed by atoms with van der Waals surface area (Å²) in [6.07, 6.45) is 7.58. The summed E-state index contributed by atoms with van der Waals surface area (Å²) in [5.41, 5.74) is 2.59. The van der Waals surface area contributed by atoms with E-state index in [1.165, 1.54) is 11.1 Å². The van der Waals surface area contributed by atoms with Crippen LogP contribution in [0.25, 0.3) is 0 Å². The summed E-state index contributed by atoms with van der Waals surface area (Å²) >= 11 is 0. The molecule has 2 N–H and O–H groups in total. The minimum Gasteiger partial charge on any atom is -0.480 e. The third kappa shape index (κ3) is 3.74. The molecule has 2 atom stereocenters. The molecular weight excluding hydrogens is 290 g/mol. The molecule has 1 fully saturated rings. The van der Waals surface area contributed by atoms with Crippen LogP contribution in [0.5, 0.6) is 0 Å². The largest absolute Gasteiger partial charge is 0.480 e. The second-order valence-corrected chi connectivity index (χ2v) is 6.90. The summed E-state index contributed by atoms with van der Waals surface area (Å²) in [4.78, 5) is 23.9. The Morgan fingerprint density at radius 1 is 1.13 bits per heavy atom. The van der Waals surface area contributed by atoms with E-state index in [0.29, 0.717) is 6.42 Å². The van der Waals surface area contributed by atoms with Gasteiger partial charge in [0.15, 0.2) is 0 Å². The van der Waals surface area contributed by atoms with Gasteiger partial charge in [-0.15, -0.1) is 0 Å². The number of nitrogens with one attached hydrogen (secondary N) is 1. The lowest BCUT2D eigenvalue weighted by Gasteiger charge is -2.28. The topological polar surface area (TPSA) is 66.4 Å². The molecule has 0 spiro atoms. The van der Waals surface area contributed by atoms with E-state index in [9.17, 15) is 14.7 Å². The molecule has 0 radical (unpaired) electrons. The van der Waals surface area contributed by atoms with Gasteiger partial charge in [0.05, 0.1) is 0 Å². The maximum Gasteiger partial charge on any atom is 0.326 e. The second-order valence-electron chi connectivity index (χ2n) is 6.90. The Hall–Kier alpha value is -1.84.